The molecular weight excluding hydrogens is 356 g/mol. The van der Waals surface area contributed by atoms with E-state index in [0.29, 0.717) is 5.56 Å². The summed E-state index contributed by atoms with van der Waals surface area (Å²) in [6.07, 6.45) is 4.44. The Hall–Kier alpha value is -4.08. The zero-order chi connectivity index (χ0) is 19.4. The highest BCUT2D eigenvalue weighted by atomic mass is 16.6. The third-order valence-electron chi connectivity index (χ3n) is 3.71. The number of nitro benzene ring substituents is 2. The van der Waals surface area contributed by atoms with Crippen LogP contribution in [-0.4, -0.2) is 25.4 Å². The quantitative estimate of drug-likeness (QED) is 0.371. The fourth-order valence-electron chi connectivity index (χ4n) is 2.36. The van der Waals surface area contributed by atoms with Crippen molar-refractivity contribution in [3.05, 3.63) is 92.5 Å². The molecule has 0 atom stereocenters. The van der Waals surface area contributed by atoms with Crippen molar-refractivity contribution in [2.24, 2.45) is 0 Å². The molecule has 0 fully saturated rings. The molecule has 10 heteroatoms. The van der Waals surface area contributed by atoms with Crippen molar-refractivity contribution in [1.82, 2.24) is 9.55 Å². The molecule has 0 radical (unpaired) electrons. The first-order valence-electron chi connectivity index (χ1n) is 7.63. The van der Waals surface area contributed by atoms with E-state index in [-0.39, 0.29) is 29.2 Å². The van der Waals surface area contributed by atoms with Gasteiger partial charge in [-0.3, -0.25) is 20.2 Å². The molecule has 0 aliphatic carbocycles. The van der Waals surface area contributed by atoms with E-state index in [4.69, 9.17) is 4.74 Å². The van der Waals surface area contributed by atoms with Crippen molar-refractivity contribution in [3.63, 3.8) is 0 Å². The number of carbonyl (C=O) groups excluding carboxylic acids is 1. The summed E-state index contributed by atoms with van der Waals surface area (Å²) in [5, 5.41) is 21.9. The molecule has 2 aromatic carbocycles. The summed E-state index contributed by atoms with van der Waals surface area (Å²) >= 11 is 0. The Morgan fingerprint density at radius 2 is 1.81 bits per heavy atom. The lowest BCUT2D eigenvalue weighted by atomic mass is 10.1. The first kappa shape index (κ1) is 17.7. The van der Waals surface area contributed by atoms with E-state index < -0.39 is 15.8 Å². The van der Waals surface area contributed by atoms with Crippen LogP contribution in [0.15, 0.2) is 61.2 Å². The van der Waals surface area contributed by atoms with Crippen LogP contribution >= 0.6 is 0 Å². The second kappa shape index (κ2) is 7.44. The van der Waals surface area contributed by atoms with Crippen molar-refractivity contribution < 1.29 is 19.4 Å². The van der Waals surface area contributed by atoms with E-state index in [0.717, 1.165) is 6.07 Å². The van der Waals surface area contributed by atoms with Crippen molar-refractivity contribution >= 4 is 17.3 Å². The Bertz CT molecular complexity index is 999. The van der Waals surface area contributed by atoms with Crippen LogP contribution in [0.3, 0.4) is 0 Å². The molecule has 0 bridgehead atoms. The van der Waals surface area contributed by atoms with E-state index in [1.165, 1.54) is 53.5 Å². The standard InChI is InChI=1S/C17H12N4O6/c22-17(27-10-12-1-4-14(5-2-12)20(23)24)13-3-6-15(16(9-13)21(25)26)19-8-7-18-11-19/h1-9,11H,10H2. The number of carbonyl (C=O) groups is 1. The maximum Gasteiger partial charge on any atom is 0.338 e. The number of aromatic nitrogens is 2. The minimum absolute atomic E-state index is 0.0208. The fraction of sp³-hybridized carbons (Fsp3) is 0.0588. The van der Waals surface area contributed by atoms with E-state index in [2.05, 4.69) is 4.98 Å². The largest absolute Gasteiger partial charge is 0.457 e. The lowest BCUT2D eigenvalue weighted by Gasteiger charge is -2.07. The number of imidazole rings is 1. The highest BCUT2D eigenvalue weighted by molar-refractivity contribution is 5.90. The van der Waals surface area contributed by atoms with Gasteiger partial charge in [-0.2, -0.15) is 0 Å². The van der Waals surface area contributed by atoms with Crippen LogP contribution in [0.2, 0.25) is 0 Å². The number of nitro groups is 2. The van der Waals surface area contributed by atoms with Crippen molar-refractivity contribution in [2.45, 2.75) is 6.61 Å². The zero-order valence-electron chi connectivity index (χ0n) is 13.7. The molecule has 0 N–H and O–H groups in total. The van der Waals surface area contributed by atoms with Gasteiger partial charge in [0.2, 0.25) is 0 Å². The Morgan fingerprint density at radius 3 is 2.41 bits per heavy atom. The van der Waals surface area contributed by atoms with E-state index in [9.17, 15) is 25.0 Å². The average Bonchev–Trinajstić information content (AvgIpc) is 3.20. The number of hydrogen-bond acceptors (Lipinski definition) is 7. The smallest absolute Gasteiger partial charge is 0.338 e. The molecule has 0 amide bonds. The van der Waals surface area contributed by atoms with Crippen molar-refractivity contribution in [1.29, 1.82) is 0 Å². The molecule has 0 aliphatic rings. The topological polar surface area (TPSA) is 130 Å². The molecule has 0 saturated carbocycles. The summed E-state index contributed by atoms with van der Waals surface area (Å²) < 4.78 is 6.59. The van der Waals surface area contributed by atoms with Crippen molar-refractivity contribution in [2.75, 3.05) is 0 Å². The Kier molecular flexibility index (Phi) is 4.88. The highest BCUT2D eigenvalue weighted by Crippen LogP contribution is 2.24. The van der Waals surface area contributed by atoms with Crippen LogP contribution in [0.4, 0.5) is 11.4 Å². The molecule has 10 nitrogen and oxygen atoms in total. The average molecular weight is 368 g/mol. The molecule has 0 unspecified atom stereocenters. The van der Waals surface area contributed by atoms with Gasteiger partial charge in [0.15, 0.2) is 0 Å². The molecular formula is C17H12N4O6. The number of ether oxygens (including phenoxy) is 1. The third kappa shape index (κ3) is 3.95. The van der Waals surface area contributed by atoms with Gasteiger partial charge in [-0.15, -0.1) is 0 Å². The number of rotatable bonds is 6. The van der Waals surface area contributed by atoms with E-state index >= 15 is 0 Å². The normalized spacial score (nSPS) is 10.4. The van der Waals surface area contributed by atoms with Gasteiger partial charge >= 0.3 is 5.97 Å². The number of benzene rings is 2. The van der Waals surface area contributed by atoms with Gasteiger partial charge in [-0.05, 0) is 29.8 Å². The zero-order valence-corrected chi connectivity index (χ0v) is 13.7. The van der Waals surface area contributed by atoms with Gasteiger partial charge < -0.3 is 9.30 Å². The van der Waals surface area contributed by atoms with Crippen LogP contribution < -0.4 is 0 Å². The molecule has 0 spiro atoms. The summed E-state index contributed by atoms with van der Waals surface area (Å²) in [7, 11) is 0. The Labute approximate surface area is 151 Å². The van der Waals surface area contributed by atoms with Crippen LogP contribution in [0, 0.1) is 20.2 Å². The number of hydrogen-bond donors (Lipinski definition) is 0. The summed E-state index contributed by atoms with van der Waals surface area (Å²) in [6, 6.07) is 9.52. The van der Waals surface area contributed by atoms with Crippen LogP contribution in [-0.2, 0) is 11.3 Å². The molecule has 3 rings (SSSR count). The fourth-order valence-corrected chi connectivity index (χ4v) is 2.36. The Balaban J connectivity index is 1.75. The Morgan fingerprint density at radius 1 is 1.07 bits per heavy atom. The first-order chi connectivity index (χ1) is 13.0. The minimum Gasteiger partial charge on any atom is -0.457 e. The summed E-state index contributed by atoms with van der Waals surface area (Å²) in [4.78, 5) is 36.9. The predicted molar refractivity (Wildman–Crippen MR) is 92.4 cm³/mol. The van der Waals surface area contributed by atoms with E-state index in [1.807, 2.05) is 0 Å². The molecule has 0 aliphatic heterocycles. The van der Waals surface area contributed by atoms with Crippen LogP contribution in [0.5, 0.6) is 0 Å². The lowest BCUT2D eigenvalue weighted by Crippen LogP contribution is -2.07. The number of non-ortho nitro benzene ring substituents is 1. The summed E-state index contributed by atoms with van der Waals surface area (Å²) in [6.45, 7) is -0.117. The molecule has 3 aromatic rings. The monoisotopic (exact) mass is 368 g/mol. The highest BCUT2D eigenvalue weighted by Gasteiger charge is 2.19. The van der Waals surface area contributed by atoms with Gasteiger partial charge in [-0.25, -0.2) is 9.78 Å². The first-order valence-corrected chi connectivity index (χ1v) is 7.63. The molecule has 0 saturated heterocycles. The summed E-state index contributed by atoms with van der Waals surface area (Å²) in [5.74, 6) is -0.742. The molecule has 1 aromatic heterocycles. The SMILES string of the molecule is O=C(OCc1ccc([N+](=O)[O-])cc1)c1ccc(-n2ccnc2)c([N+](=O)[O-])c1. The second-order valence-corrected chi connectivity index (χ2v) is 5.43. The van der Waals surface area contributed by atoms with Gasteiger partial charge in [0, 0.05) is 30.6 Å². The minimum atomic E-state index is -0.742. The van der Waals surface area contributed by atoms with Crippen molar-refractivity contribution in [3.8, 4) is 5.69 Å². The van der Waals surface area contributed by atoms with Gasteiger partial charge in [0.1, 0.15) is 12.3 Å². The lowest BCUT2D eigenvalue weighted by molar-refractivity contribution is -0.385. The molecule has 1 heterocycles. The number of esters is 1. The second-order valence-electron chi connectivity index (χ2n) is 5.43. The van der Waals surface area contributed by atoms with E-state index in [1.54, 1.807) is 6.20 Å². The van der Waals surface area contributed by atoms with Crippen LogP contribution in [0.1, 0.15) is 15.9 Å². The molecule has 27 heavy (non-hydrogen) atoms. The molecule has 136 valence electrons. The summed E-state index contributed by atoms with van der Waals surface area (Å²) in [5.41, 5.74) is 0.504. The van der Waals surface area contributed by atoms with Gasteiger partial charge in [-0.1, -0.05) is 0 Å². The maximum atomic E-state index is 12.2. The number of nitrogens with zero attached hydrogens (tertiary/aromatic N) is 4. The predicted octanol–water partition coefficient (Wildman–Crippen LogP) is 3.05. The van der Waals surface area contributed by atoms with Gasteiger partial charge in [0.05, 0.1) is 21.7 Å². The van der Waals surface area contributed by atoms with Crippen LogP contribution in [0.25, 0.3) is 5.69 Å². The van der Waals surface area contributed by atoms with Gasteiger partial charge in [0.25, 0.3) is 11.4 Å². The maximum absolute atomic E-state index is 12.2. The third-order valence-corrected chi connectivity index (χ3v) is 3.71.